The molecular formula is C21H25ClN2O3. The van der Waals surface area contributed by atoms with Gasteiger partial charge in [-0.05, 0) is 42.9 Å². The summed E-state index contributed by atoms with van der Waals surface area (Å²) in [5.74, 6) is 1.43. The third-order valence-electron chi connectivity index (χ3n) is 4.75. The number of benzene rings is 2. The lowest BCUT2D eigenvalue weighted by molar-refractivity contribution is 0.0876. The smallest absolute Gasteiger partial charge is 0.176 e. The highest BCUT2D eigenvalue weighted by Crippen LogP contribution is 2.27. The maximum atomic E-state index is 12.5. The highest BCUT2D eigenvalue weighted by Gasteiger charge is 2.18. The first-order valence-electron chi connectivity index (χ1n) is 9.04. The van der Waals surface area contributed by atoms with Crippen molar-refractivity contribution in [2.45, 2.75) is 6.61 Å². The molecule has 2 aromatic rings. The van der Waals surface area contributed by atoms with Crippen molar-refractivity contribution in [1.82, 2.24) is 9.80 Å². The molecule has 1 aliphatic rings. The number of hydrogen-bond acceptors (Lipinski definition) is 5. The van der Waals surface area contributed by atoms with Crippen LogP contribution in [0, 0.1) is 0 Å². The van der Waals surface area contributed by atoms with E-state index in [0.29, 0.717) is 29.5 Å². The minimum absolute atomic E-state index is 0.0841. The molecule has 0 radical (unpaired) electrons. The molecule has 0 saturated carbocycles. The number of ketones is 1. The Hall–Kier alpha value is -2.08. The molecule has 0 N–H and O–H groups in total. The molecule has 1 aliphatic heterocycles. The van der Waals surface area contributed by atoms with Crippen molar-refractivity contribution in [2.75, 3.05) is 46.9 Å². The number of likely N-dealkylation sites (N-methyl/N-ethyl adjacent to an activating group) is 1. The third kappa shape index (κ3) is 5.45. The monoisotopic (exact) mass is 388 g/mol. The van der Waals surface area contributed by atoms with Gasteiger partial charge in [0.25, 0.3) is 0 Å². The number of carbonyl (C=O) groups is 1. The van der Waals surface area contributed by atoms with Gasteiger partial charge in [0.05, 0.1) is 18.7 Å². The minimum Gasteiger partial charge on any atom is -0.497 e. The van der Waals surface area contributed by atoms with Crippen molar-refractivity contribution in [1.29, 1.82) is 0 Å². The number of Topliss-reactive ketones (excluding diaryl/α,β-unsaturated/α-hetero) is 1. The van der Waals surface area contributed by atoms with Crippen LogP contribution in [-0.4, -0.2) is 62.5 Å². The Kier molecular flexibility index (Phi) is 6.72. The molecule has 27 heavy (non-hydrogen) atoms. The maximum absolute atomic E-state index is 12.5. The first-order valence-corrected chi connectivity index (χ1v) is 9.42. The van der Waals surface area contributed by atoms with Crippen LogP contribution in [0.1, 0.15) is 15.9 Å². The zero-order chi connectivity index (χ0) is 19.2. The molecule has 2 aromatic carbocycles. The van der Waals surface area contributed by atoms with E-state index >= 15 is 0 Å². The number of ether oxygens (including phenoxy) is 2. The van der Waals surface area contributed by atoms with Crippen molar-refractivity contribution in [3.8, 4) is 11.5 Å². The normalized spacial score (nSPS) is 15.5. The van der Waals surface area contributed by atoms with E-state index in [1.54, 1.807) is 25.3 Å². The molecule has 0 atom stereocenters. The van der Waals surface area contributed by atoms with Gasteiger partial charge in [0.2, 0.25) is 0 Å². The van der Waals surface area contributed by atoms with E-state index < -0.39 is 0 Å². The molecule has 1 fully saturated rings. The van der Waals surface area contributed by atoms with Gasteiger partial charge in [-0.3, -0.25) is 9.69 Å². The highest BCUT2D eigenvalue weighted by molar-refractivity contribution is 6.32. The summed E-state index contributed by atoms with van der Waals surface area (Å²) in [6.07, 6.45) is 0. The topological polar surface area (TPSA) is 42.0 Å². The maximum Gasteiger partial charge on any atom is 0.176 e. The number of carbonyl (C=O) groups excluding carboxylic acids is 1. The molecule has 144 valence electrons. The van der Waals surface area contributed by atoms with E-state index in [-0.39, 0.29) is 5.78 Å². The Labute approximate surface area is 165 Å². The van der Waals surface area contributed by atoms with Gasteiger partial charge < -0.3 is 14.4 Å². The molecular weight excluding hydrogens is 364 g/mol. The molecule has 0 aliphatic carbocycles. The van der Waals surface area contributed by atoms with Gasteiger partial charge in [-0.2, -0.15) is 0 Å². The van der Waals surface area contributed by atoms with Crippen molar-refractivity contribution >= 4 is 17.4 Å². The predicted molar refractivity (Wildman–Crippen MR) is 107 cm³/mol. The Morgan fingerprint density at radius 2 is 1.89 bits per heavy atom. The Morgan fingerprint density at radius 1 is 1.11 bits per heavy atom. The molecule has 0 spiro atoms. The van der Waals surface area contributed by atoms with Gasteiger partial charge in [0.1, 0.15) is 18.1 Å². The Morgan fingerprint density at radius 3 is 2.59 bits per heavy atom. The number of halogens is 1. The molecule has 0 amide bonds. The molecule has 1 heterocycles. The van der Waals surface area contributed by atoms with Gasteiger partial charge in [0, 0.05) is 31.7 Å². The summed E-state index contributed by atoms with van der Waals surface area (Å²) in [6, 6.07) is 12.9. The number of hydrogen-bond donors (Lipinski definition) is 0. The minimum atomic E-state index is 0.0841. The summed E-state index contributed by atoms with van der Waals surface area (Å²) in [5.41, 5.74) is 1.60. The average molecular weight is 389 g/mol. The second-order valence-electron chi connectivity index (χ2n) is 6.79. The van der Waals surface area contributed by atoms with Crippen LogP contribution in [0.2, 0.25) is 5.02 Å². The summed E-state index contributed by atoms with van der Waals surface area (Å²) < 4.78 is 11.0. The van der Waals surface area contributed by atoms with E-state index in [2.05, 4.69) is 16.8 Å². The largest absolute Gasteiger partial charge is 0.497 e. The lowest BCUT2D eigenvalue weighted by atomic mass is 10.1. The highest BCUT2D eigenvalue weighted by atomic mass is 35.5. The van der Waals surface area contributed by atoms with Crippen molar-refractivity contribution < 1.29 is 14.3 Å². The van der Waals surface area contributed by atoms with Crippen LogP contribution in [0.25, 0.3) is 0 Å². The number of nitrogens with zero attached hydrogens (tertiary/aromatic N) is 2. The lowest BCUT2D eigenvalue weighted by Crippen LogP contribution is -2.46. The van der Waals surface area contributed by atoms with Crippen molar-refractivity contribution in [3.63, 3.8) is 0 Å². The predicted octanol–water partition coefficient (Wildman–Crippen LogP) is 3.36. The quantitative estimate of drug-likeness (QED) is 0.680. The van der Waals surface area contributed by atoms with E-state index in [0.717, 1.165) is 37.5 Å². The van der Waals surface area contributed by atoms with Crippen LogP contribution >= 0.6 is 11.6 Å². The fourth-order valence-electron chi connectivity index (χ4n) is 3.02. The summed E-state index contributed by atoms with van der Waals surface area (Å²) in [5, 5.41) is 0.446. The molecule has 6 heteroatoms. The van der Waals surface area contributed by atoms with Gasteiger partial charge in [-0.25, -0.2) is 0 Å². The number of methoxy groups -OCH3 is 1. The van der Waals surface area contributed by atoms with E-state index in [1.807, 2.05) is 24.3 Å². The molecule has 1 saturated heterocycles. The van der Waals surface area contributed by atoms with Gasteiger partial charge in [-0.15, -0.1) is 0 Å². The van der Waals surface area contributed by atoms with Crippen LogP contribution in [0.4, 0.5) is 0 Å². The van der Waals surface area contributed by atoms with Gasteiger partial charge in [-0.1, -0.05) is 23.7 Å². The zero-order valence-corrected chi connectivity index (χ0v) is 16.5. The van der Waals surface area contributed by atoms with E-state index in [9.17, 15) is 4.79 Å². The second-order valence-corrected chi connectivity index (χ2v) is 7.20. The van der Waals surface area contributed by atoms with E-state index in [4.69, 9.17) is 21.1 Å². The molecule has 5 nitrogen and oxygen atoms in total. The van der Waals surface area contributed by atoms with Crippen LogP contribution in [0.3, 0.4) is 0 Å². The molecule has 0 unspecified atom stereocenters. The van der Waals surface area contributed by atoms with Crippen molar-refractivity contribution in [3.05, 3.63) is 58.6 Å². The van der Waals surface area contributed by atoms with Gasteiger partial charge in [0.15, 0.2) is 5.78 Å². The zero-order valence-electron chi connectivity index (χ0n) is 15.8. The molecule has 3 rings (SSSR count). The van der Waals surface area contributed by atoms with Crippen molar-refractivity contribution in [2.24, 2.45) is 0 Å². The van der Waals surface area contributed by atoms with Crippen LogP contribution in [0.15, 0.2) is 42.5 Å². The SMILES string of the molecule is COc1cccc(COc2ccc(C(=O)CN3CCN(C)CC3)cc2Cl)c1. The average Bonchev–Trinajstić information content (AvgIpc) is 2.69. The van der Waals surface area contributed by atoms with Crippen LogP contribution in [-0.2, 0) is 6.61 Å². The lowest BCUT2D eigenvalue weighted by Gasteiger charge is -2.31. The van der Waals surface area contributed by atoms with E-state index in [1.165, 1.54) is 0 Å². The fraction of sp³-hybridized carbons (Fsp3) is 0.381. The first-order chi connectivity index (χ1) is 13.0. The molecule has 0 bridgehead atoms. The second kappa shape index (κ2) is 9.22. The number of rotatable bonds is 7. The summed E-state index contributed by atoms with van der Waals surface area (Å²) in [7, 11) is 3.73. The fourth-order valence-corrected chi connectivity index (χ4v) is 3.25. The van der Waals surface area contributed by atoms with Gasteiger partial charge >= 0.3 is 0 Å². The Bertz CT molecular complexity index is 789. The third-order valence-corrected chi connectivity index (χ3v) is 5.04. The van der Waals surface area contributed by atoms with Crippen LogP contribution < -0.4 is 9.47 Å². The summed E-state index contributed by atoms with van der Waals surface area (Å²) in [4.78, 5) is 17.0. The molecule has 0 aromatic heterocycles. The Balaban J connectivity index is 1.58. The summed E-state index contributed by atoms with van der Waals surface area (Å²) in [6.45, 7) is 4.62. The standard InChI is InChI=1S/C21H25ClN2O3/c1-23-8-10-24(11-9-23)14-20(25)17-6-7-21(19(22)13-17)27-15-16-4-3-5-18(12-16)26-2/h3-7,12-13H,8-11,14-15H2,1-2H3. The summed E-state index contributed by atoms with van der Waals surface area (Å²) >= 11 is 6.34. The number of piperazine rings is 1. The first kappa shape index (κ1) is 19.7. The van der Waals surface area contributed by atoms with Crippen LogP contribution in [0.5, 0.6) is 11.5 Å².